The number of aryl methyl sites for hydroxylation is 1. The number of nitrogens with one attached hydrogen (secondary N) is 1. The quantitative estimate of drug-likeness (QED) is 0.906. The third-order valence-corrected chi connectivity index (χ3v) is 4.13. The molecule has 0 atom stereocenters. The van der Waals surface area contributed by atoms with Crippen molar-refractivity contribution in [3.63, 3.8) is 0 Å². The summed E-state index contributed by atoms with van der Waals surface area (Å²) in [6.07, 6.45) is 1.19. The van der Waals surface area contributed by atoms with Crippen LogP contribution in [0, 0.1) is 6.92 Å². The molecule has 0 unspecified atom stereocenters. The van der Waals surface area contributed by atoms with Gasteiger partial charge in [0.15, 0.2) is 0 Å². The van der Waals surface area contributed by atoms with E-state index in [1.807, 2.05) is 49.4 Å². The van der Waals surface area contributed by atoms with Gasteiger partial charge in [0.05, 0.1) is 5.60 Å². The normalized spacial score (nSPS) is 15.5. The number of amides is 1. The van der Waals surface area contributed by atoms with Gasteiger partial charge in [-0.15, -0.1) is 0 Å². The van der Waals surface area contributed by atoms with Gasteiger partial charge in [0.1, 0.15) is 0 Å². The molecule has 2 aromatic rings. The Hall–Kier alpha value is -2.13. The number of rotatable bonds is 3. The highest BCUT2D eigenvalue weighted by Crippen LogP contribution is 2.29. The van der Waals surface area contributed by atoms with Crippen molar-refractivity contribution < 1.29 is 9.90 Å². The second-order valence-corrected chi connectivity index (χ2v) is 5.84. The highest BCUT2D eigenvalue weighted by Gasteiger charge is 2.35. The Morgan fingerprint density at radius 3 is 2.29 bits per heavy atom. The predicted molar refractivity (Wildman–Crippen MR) is 82.3 cm³/mol. The maximum atomic E-state index is 12.2. The number of hydrogen-bond donors (Lipinski definition) is 2. The third-order valence-electron chi connectivity index (χ3n) is 4.13. The predicted octanol–water partition coefficient (Wildman–Crippen LogP) is 2.25. The number of carbonyl (C=O) groups excluding carboxylic acids is 1. The summed E-state index contributed by atoms with van der Waals surface area (Å²) in [6, 6.07) is 15.5. The lowest BCUT2D eigenvalue weighted by Crippen LogP contribution is -2.43. The highest BCUT2D eigenvalue weighted by atomic mass is 16.3. The zero-order valence-electron chi connectivity index (χ0n) is 12.1. The number of benzene rings is 2. The number of fused-ring (bicyclic) bond motifs is 1. The molecule has 0 fully saturated rings. The van der Waals surface area contributed by atoms with Crippen LogP contribution in [0.5, 0.6) is 0 Å². The zero-order chi connectivity index (χ0) is 14.9. The van der Waals surface area contributed by atoms with Crippen molar-refractivity contribution in [2.75, 3.05) is 6.54 Å². The van der Waals surface area contributed by atoms with E-state index < -0.39 is 5.60 Å². The van der Waals surface area contributed by atoms with E-state index in [1.165, 1.54) is 11.1 Å². The van der Waals surface area contributed by atoms with Gasteiger partial charge >= 0.3 is 0 Å². The van der Waals surface area contributed by atoms with E-state index in [0.717, 1.165) is 5.56 Å². The van der Waals surface area contributed by atoms with Crippen LogP contribution < -0.4 is 5.32 Å². The van der Waals surface area contributed by atoms with E-state index in [2.05, 4.69) is 5.32 Å². The minimum atomic E-state index is -0.873. The number of carbonyl (C=O) groups is 1. The average Bonchev–Trinajstić information content (AvgIpc) is 2.82. The zero-order valence-corrected chi connectivity index (χ0v) is 12.1. The fourth-order valence-electron chi connectivity index (χ4n) is 2.97. The first-order chi connectivity index (χ1) is 10.1. The van der Waals surface area contributed by atoms with Crippen LogP contribution in [0.2, 0.25) is 0 Å². The molecule has 21 heavy (non-hydrogen) atoms. The standard InChI is InChI=1S/C18H19NO2/c1-13-6-2-5-9-16(13)17(20)19-12-18(21)10-14-7-3-4-8-15(14)11-18/h2-9,21H,10-12H2,1H3,(H,19,20). The summed E-state index contributed by atoms with van der Waals surface area (Å²) >= 11 is 0. The van der Waals surface area contributed by atoms with Crippen LogP contribution in [-0.2, 0) is 12.8 Å². The summed E-state index contributed by atoms with van der Waals surface area (Å²) in [7, 11) is 0. The molecule has 0 saturated heterocycles. The highest BCUT2D eigenvalue weighted by molar-refractivity contribution is 5.95. The molecule has 0 saturated carbocycles. The fraction of sp³-hybridized carbons (Fsp3) is 0.278. The second-order valence-electron chi connectivity index (χ2n) is 5.84. The summed E-state index contributed by atoms with van der Waals surface area (Å²) in [5, 5.41) is 13.5. The molecule has 1 amide bonds. The van der Waals surface area contributed by atoms with Crippen LogP contribution in [0.25, 0.3) is 0 Å². The van der Waals surface area contributed by atoms with E-state index in [1.54, 1.807) is 6.07 Å². The van der Waals surface area contributed by atoms with Crippen molar-refractivity contribution in [3.8, 4) is 0 Å². The molecule has 0 bridgehead atoms. The van der Waals surface area contributed by atoms with Crippen molar-refractivity contribution in [1.82, 2.24) is 5.32 Å². The van der Waals surface area contributed by atoms with Gasteiger partial charge in [-0.1, -0.05) is 42.5 Å². The summed E-state index contributed by atoms with van der Waals surface area (Å²) in [5.41, 5.74) is 3.07. The van der Waals surface area contributed by atoms with Crippen molar-refractivity contribution in [2.24, 2.45) is 0 Å². The first-order valence-corrected chi connectivity index (χ1v) is 7.20. The Balaban J connectivity index is 1.66. The maximum Gasteiger partial charge on any atom is 0.251 e. The van der Waals surface area contributed by atoms with Crippen LogP contribution in [0.3, 0.4) is 0 Å². The van der Waals surface area contributed by atoms with Crippen LogP contribution in [0.4, 0.5) is 0 Å². The average molecular weight is 281 g/mol. The monoisotopic (exact) mass is 281 g/mol. The molecule has 0 heterocycles. The third kappa shape index (κ3) is 2.83. The first-order valence-electron chi connectivity index (χ1n) is 7.20. The summed E-state index contributed by atoms with van der Waals surface area (Å²) in [5.74, 6) is -0.127. The molecule has 3 nitrogen and oxygen atoms in total. The van der Waals surface area contributed by atoms with E-state index >= 15 is 0 Å². The van der Waals surface area contributed by atoms with Gasteiger partial charge in [0.25, 0.3) is 5.91 Å². The molecule has 2 N–H and O–H groups in total. The Labute approximate surface area is 124 Å². The van der Waals surface area contributed by atoms with Gasteiger partial charge in [-0.3, -0.25) is 4.79 Å². The van der Waals surface area contributed by atoms with E-state index in [9.17, 15) is 9.90 Å². The van der Waals surface area contributed by atoms with Crippen molar-refractivity contribution in [1.29, 1.82) is 0 Å². The molecule has 1 aliphatic carbocycles. The topological polar surface area (TPSA) is 49.3 Å². The molecule has 3 heteroatoms. The lowest BCUT2D eigenvalue weighted by atomic mass is 10.00. The molecule has 108 valence electrons. The van der Waals surface area contributed by atoms with Crippen LogP contribution in [0.1, 0.15) is 27.0 Å². The fourth-order valence-corrected chi connectivity index (χ4v) is 2.97. The molecule has 1 aliphatic rings. The number of hydrogen-bond acceptors (Lipinski definition) is 2. The second kappa shape index (κ2) is 5.34. The molecular weight excluding hydrogens is 262 g/mol. The van der Waals surface area contributed by atoms with Gasteiger partial charge in [-0.2, -0.15) is 0 Å². The smallest absolute Gasteiger partial charge is 0.251 e. The Morgan fingerprint density at radius 1 is 1.10 bits per heavy atom. The lowest BCUT2D eigenvalue weighted by Gasteiger charge is -2.22. The van der Waals surface area contributed by atoms with Gasteiger partial charge in [0.2, 0.25) is 0 Å². The summed E-state index contributed by atoms with van der Waals surface area (Å²) in [4.78, 5) is 12.2. The molecule has 0 aliphatic heterocycles. The largest absolute Gasteiger partial charge is 0.387 e. The molecular formula is C18H19NO2. The van der Waals surface area contributed by atoms with E-state index in [-0.39, 0.29) is 12.5 Å². The van der Waals surface area contributed by atoms with Crippen LogP contribution in [0.15, 0.2) is 48.5 Å². The lowest BCUT2D eigenvalue weighted by molar-refractivity contribution is 0.0479. The van der Waals surface area contributed by atoms with Gasteiger partial charge in [-0.05, 0) is 29.7 Å². The Bertz CT molecular complexity index is 653. The van der Waals surface area contributed by atoms with Gasteiger partial charge in [-0.25, -0.2) is 0 Å². The van der Waals surface area contributed by atoms with Crippen molar-refractivity contribution in [3.05, 3.63) is 70.8 Å². The minimum Gasteiger partial charge on any atom is -0.387 e. The first kappa shape index (κ1) is 13.8. The van der Waals surface area contributed by atoms with Crippen molar-refractivity contribution in [2.45, 2.75) is 25.4 Å². The molecule has 2 aromatic carbocycles. The van der Waals surface area contributed by atoms with Crippen LogP contribution in [-0.4, -0.2) is 23.2 Å². The van der Waals surface area contributed by atoms with Crippen molar-refractivity contribution >= 4 is 5.91 Å². The minimum absolute atomic E-state index is 0.127. The molecule has 3 rings (SSSR count). The molecule has 0 aromatic heterocycles. The summed E-state index contributed by atoms with van der Waals surface area (Å²) < 4.78 is 0. The van der Waals surface area contributed by atoms with Gasteiger partial charge in [0, 0.05) is 24.9 Å². The molecule has 0 spiro atoms. The summed E-state index contributed by atoms with van der Waals surface area (Å²) in [6.45, 7) is 2.18. The van der Waals surface area contributed by atoms with E-state index in [0.29, 0.717) is 18.4 Å². The molecule has 0 radical (unpaired) electrons. The van der Waals surface area contributed by atoms with Gasteiger partial charge < -0.3 is 10.4 Å². The van der Waals surface area contributed by atoms with E-state index in [4.69, 9.17) is 0 Å². The SMILES string of the molecule is Cc1ccccc1C(=O)NCC1(O)Cc2ccccc2C1. The number of aliphatic hydroxyl groups is 1. The maximum absolute atomic E-state index is 12.2. The Morgan fingerprint density at radius 2 is 1.67 bits per heavy atom. The van der Waals surface area contributed by atoms with Crippen LogP contribution >= 0.6 is 0 Å². The Kier molecular flexibility index (Phi) is 3.52.